The molecular weight excluding hydrogens is 219 g/mol. The molecule has 1 unspecified atom stereocenters. The summed E-state index contributed by atoms with van der Waals surface area (Å²) in [5.74, 6) is -0.315. The number of hydrogen-bond donors (Lipinski definition) is 1. The maximum Gasteiger partial charge on any atom is 0.126 e. The second-order valence-electron chi connectivity index (χ2n) is 4.17. The van der Waals surface area contributed by atoms with Crippen LogP contribution in [0.15, 0.2) is 43.0 Å². The number of nitrogens with zero attached hydrogens (tertiary/aromatic N) is 2. The third-order valence-corrected chi connectivity index (χ3v) is 2.67. The molecule has 1 heterocycles. The van der Waals surface area contributed by atoms with E-state index in [4.69, 9.17) is 0 Å². The molecular formula is C13H13FN2O. The molecule has 0 aliphatic carbocycles. The highest BCUT2D eigenvalue weighted by Crippen LogP contribution is 2.25. The Hall–Kier alpha value is -1.81. The van der Waals surface area contributed by atoms with Crippen LogP contribution in [0.2, 0.25) is 0 Å². The Morgan fingerprint density at radius 2 is 1.88 bits per heavy atom. The van der Waals surface area contributed by atoms with Crippen molar-refractivity contribution >= 4 is 0 Å². The average molecular weight is 232 g/mol. The lowest BCUT2D eigenvalue weighted by Gasteiger charge is -2.23. The summed E-state index contributed by atoms with van der Waals surface area (Å²) in [5, 5.41) is 10.3. The first-order valence-electron chi connectivity index (χ1n) is 5.31. The second kappa shape index (κ2) is 4.59. The Morgan fingerprint density at radius 3 is 2.53 bits per heavy atom. The van der Waals surface area contributed by atoms with Crippen LogP contribution in [-0.4, -0.2) is 15.1 Å². The molecule has 17 heavy (non-hydrogen) atoms. The Morgan fingerprint density at radius 1 is 1.24 bits per heavy atom. The molecule has 0 spiro atoms. The number of aromatic nitrogens is 2. The fraction of sp³-hybridized carbons (Fsp3) is 0.231. The van der Waals surface area contributed by atoms with E-state index in [0.29, 0.717) is 11.1 Å². The van der Waals surface area contributed by atoms with Gasteiger partial charge in [-0.1, -0.05) is 18.2 Å². The standard InChI is InChI=1S/C13H13FN2O/c1-13(17,11-7-15-9-16-8-11)6-10-4-2-3-5-12(10)14/h2-5,7-9,17H,6H2,1H3. The lowest BCUT2D eigenvalue weighted by molar-refractivity contribution is 0.0559. The average Bonchev–Trinajstić information content (AvgIpc) is 2.33. The third kappa shape index (κ3) is 2.65. The van der Waals surface area contributed by atoms with Gasteiger partial charge in [-0.25, -0.2) is 14.4 Å². The smallest absolute Gasteiger partial charge is 0.126 e. The zero-order valence-corrected chi connectivity index (χ0v) is 9.47. The van der Waals surface area contributed by atoms with Crippen molar-refractivity contribution in [3.63, 3.8) is 0 Å². The van der Waals surface area contributed by atoms with Gasteiger partial charge in [0.05, 0.1) is 5.60 Å². The van der Waals surface area contributed by atoms with E-state index in [1.54, 1.807) is 25.1 Å². The van der Waals surface area contributed by atoms with Crippen molar-refractivity contribution in [2.75, 3.05) is 0 Å². The van der Waals surface area contributed by atoms with Crippen LogP contribution in [0.5, 0.6) is 0 Å². The predicted molar refractivity (Wildman–Crippen MR) is 61.7 cm³/mol. The number of aliphatic hydroxyl groups is 1. The highest BCUT2D eigenvalue weighted by Gasteiger charge is 2.25. The molecule has 2 aromatic rings. The van der Waals surface area contributed by atoms with E-state index in [1.165, 1.54) is 24.8 Å². The molecule has 4 heteroatoms. The van der Waals surface area contributed by atoms with Gasteiger partial charge in [-0.15, -0.1) is 0 Å². The fourth-order valence-corrected chi connectivity index (χ4v) is 1.69. The Balaban J connectivity index is 2.27. The summed E-state index contributed by atoms with van der Waals surface area (Å²) < 4.78 is 13.5. The molecule has 1 atom stereocenters. The largest absolute Gasteiger partial charge is 0.385 e. The van der Waals surface area contributed by atoms with Crippen molar-refractivity contribution < 1.29 is 9.50 Å². The molecule has 0 bridgehead atoms. The van der Waals surface area contributed by atoms with E-state index in [1.807, 2.05) is 0 Å². The molecule has 88 valence electrons. The topological polar surface area (TPSA) is 46.0 Å². The third-order valence-electron chi connectivity index (χ3n) is 2.67. The first-order valence-corrected chi connectivity index (χ1v) is 5.31. The molecule has 0 aliphatic rings. The van der Waals surface area contributed by atoms with Crippen molar-refractivity contribution in [1.82, 2.24) is 9.97 Å². The summed E-state index contributed by atoms with van der Waals surface area (Å²) in [5.41, 5.74) is -0.131. The summed E-state index contributed by atoms with van der Waals surface area (Å²) in [6, 6.07) is 6.41. The van der Waals surface area contributed by atoms with Gasteiger partial charge in [0.25, 0.3) is 0 Å². The van der Waals surface area contributed by atoms with E-state index in [2.05, 4.69) is 9.97 Å². The molecule has 3 nitrogen and oxygen atoms in total. The van der Waals surface area contributed by atoms with E-state index in [0.717, 1.165) is 0 Å². The van der Waals surface area contributed by atoms with Crippen molar-refractivity contribution in [3.05, 3.63) is 59.9 Å². The van der Waals surface area contributed by atoms with Gasteiger partial charge in [0, 0.05) is 24.4 Å². The minimum Gasteiger partial charge on any atom is -0.385 e. The van der Waals surface area contributed by atoms with Gasteiger partial charge in [0.1, 0.15) is 12.1 Å². The quantitative estimate of drug-likeness (QED) is 0.881. The van der Waals surface area contributed by atoms with Crippen LogP contribution in [0.3, 0.4) is 0 Å². The molecule has 0 fully saturated rings. The summed E-state index contributed by atoms with van der Waals surface area (Å²) in [6.07, 6.45) is 4.65. The molecule has 0 saturated carbocycles. The van der Waals surface area contributed by atoms with Gasteiger partial charge >= 0.3 is 0 Å². The van der Waals surface area contributed by atoms with E-state index in [9.17, 15) is 9.50 Å². The SMILES string of the molecule is CC(O)(Cc1ccccc1F)c1cncnc1. The van der Waals surface area contributed by atoms with Crippen LogP contribution < -0.4 is 0 Å². The molecule has 2 rings (SSSR count). The van der Waals surface area contributed by atoms with Gasteiger partial charge in [-0.2, -0.15) is 0 Å². The first kappa shape index (κ1) is 11.7. The highest BCUT2D eigenvalue weighted by molar-refractivity contribution is 5.23. The van der Waals surface area contributed by atoms with E-state index < -0.39 is 5.60 Å². The monoisotopic (exact) mass is 232 g/mol. The van der Waals surface area contributed by atoms with Crippen LogP contribution in [0.1, 0.15) is 18.1 Å². The summed E-state index contributed by atoms with van der Waals surface area (Å²) >= 11 is 0. The molecule has 1 N–H and O–H groups in total. The van der Waals surface area contributed by atoms with Crippen LogP contribution in [0.25, 0.3) is 0 Å². The van der Waals surface area contributed by atoms with Crippen molar-refractivity contribution in [3.8, 4) is 0 Å². The molecule has 0 radical (unpaired) electrons. The summed E-state index contributed by atoms with van der Waals surface area (Å²) in [4.78, 5) is 7.70. The molecule has 0 amide bonds. The first-order chi connectivity index (χ1) is 8.09. The lowest BCUT2D eigenvalue weighted by atomic mass is 9.91. The van der Waals surface area contributed by atoms with Crippen LogP contribution in [0, 0.1) is 5.82 Å². The lowest BCUT2D eigenvalue weighted by Crippen LogP contribution is -2.25. The molecule has 1 aromatic carbocycles. The van der Waals surface area contributed by atoms with Crippen LogP contribution >= 0.6 is 0 Å². The maximum absolute atomic E-state index is 13.5. The molecule has 0 aliphatic heterocycles. The number of halogens is 1. The molecule has 1 aromatic heterocycles. The van der Waals surface area contributed by atoms with Gasteiger partial charge in [0.15, 0.2) is 0 Å². The number of benzene rings is 1. The highest BCUT2D eigenvalue weighted by atomic mass is 19.1. The van der Waals surface area contributed by atoms with Crippen molar-refractivity contribution in [2.45, 2.75) is 18.9 Å². The van der Waals surface area contributed by atoms with Gasteiger partial charge < -0.3 is 5.11 Å². The van der Waals surface area contributed by atoms with E-state index in [-0.39, 0.29) is 12.2 Å². The minimum atomic E-state index is -1.18. The number of rotatable bonds is 3. The van der Waals surface area contributed by atoms with Gasteiger partial charge in [-0.3, -0.25) is 0 Å². The Bertz CT molecular complexity index is 500. The Kier molecular flexibility index (Phi) is 3.15. The second-order valence-corrected chi connectivity index (χ2v) is 4.17. The Labute approximate surface area is 99.0 Å². The van der Waals surface area contributed by atoms with Gasteiger partial charge in [0.2, 0.25) is 0 Å². The summed E-state index contributed by atoms with van der Waals surface area (Å²) in [7, 11) is 0. The zero-order chi connectivity index (χ0) is 12.3. The predicted octanol–water partition coefficient (Wildman–Crippen LogP) is 2.07. The maximum atomic E-state index is 13.5. The van der Waals surface area contributed by atoms with Crippen LogP contribution in [-0.2, 0) is 12.0 Å². The molecule has 0 saturated heterocycles. The van der Waals surface area contributed by atoms with Crippen molar-refractivity contribution in [2.24, 2.45) is 0 Å². The zero-order valence-electron chi connectivity index (χ0n) is 9.47. The fourth-order valence-electron chi connectivity index (χ4n) is 1.69. The minimum absolute atomic E-state index is 0.188. The normalized spacial score (nSPS) is 14.3. The van der Waals surface area contributed by atoms with Gasteiger partial charge in [-0.05, 0) is 18.6 Å². The van der Waals surface area contributed by atoms with Crippen LogP contribution in [0.4, 0.5) is 4.39 Å². The summed E-state index contributed by atoms with van der Waals surface area (Å²) in [6.45, 7) is 1.62. The van der Waals surface area contributed by atoms with E-state index >= 15 is 0 Å². The number of hydrogen-bond acceptors (Lipinski definition) is 3. The van der Waals surface area contributed by atoms with Crippen molar-refractivity contribution in [1.29, 1.82) is 0 Å².